The molecule has 1 radical (unpaired) electrons. The van der Waals surface area contributed by atoms with E-state index in [1.165, 1.54) is 5.47 Å². The van der Waals surface area contributed by atoms with Crippen molar-refractivity contribution in [1.82, 2.24) is 0 Å². The zero-order valence-corrected chi connectivity index (χ0v) is 9.02. The van der Waals surface area contributed by atoms with Crippen LogP contribution in [-0.4, -0.2) is 7.28 Å². The Balaban J connectivity index is 4.43. The van der Waals surface area contributed by atoms with Crippen LogP contribution in [0.25, 0.3) is 0 Å². The van der Waals surface area contributed by atoms with Gasteiger partial charge in [-0.1, -0.05) is 45.3 Å². The van der Waals surface area contributed by atoms with Crippen LogP contribution in [-0.2, 0) is 0 Å². The zero-order valence-electron chi connectivity index (χ0n) is 9.02. The molecule has 0 heterocycles. The highest BCUT2D eigenvalue weighted by Gasteiger charge is 2.04. The molecule has 0 spiro atoms. The van der Waals surface area contributed by atoms with Gasteiger partial charge in [-0.3, -0.25) is 0 Å². The van der Waals surface area contributed by atoms with Crippen LogP contribution in [0.3, 0.4) is 0 Å². The Kier molecular flexibility index (Phi) is 5.87. The minimum absolute atomic E-state index is 0.664. The molecule has 0 atom stereocenters. The van der Waals surface area contributed by atoms with Crippen molar-refractivity contribution < 1.29 is 0 Å². The number of rotatable bonds is 4. The molecule has 0 rings (SSSR count). The molecule has 0 aromatic carbocycles. The van der Waals surface area contributed by atoms with Crippen LogP contribution >= 0.6 is 0 Å². The van der Waals surface area contributed by atoms with E-state index < -0.39 is 0 Å². The molecular formula is C11H20B. The molecule has 0 saturated heterocycles. The summed E-state index contributed by atoms with van der Waals surface area (Å²) in [7, 11) is 2.19. The zero-order chi connectivity index (χ0) is 9.56. The van der Waals surface area contributed by atoms with E-state index in [2.05, 4.69) is 53.9 Å². The van der Waals surface area contributed by atoms with Gasteiger partial charge in [0.25, 0.3) is 0 Å². The van der Waals surface area contributed by atoms with Crippen molar-refractivity contribution in [2.24, 2.45) is 5.92 Å². The number of hydrogen-bond donors (Lipinski definition) is 0. The minimum atomic E-state index is 0.664. The number of allylic oxidation sites excluding steroid dienone is 4. The second-order valence-corrected chi connectivity index (χ2v) is 3.42. The fourth-order valence-electron chi connectivity index (χ4n) is 1.28. The molecule has 0 N–H and O–H groups in total. The van der Waals surface area contributed by atoms with Crippen LogP contribution < -0.4 is 0 Å². The van der Waals surface area contributed by atoms with Crippen molar-refractivity contribution in [3.05, 3.63) is 23.2 Å². The van der Waals surface area contributed by atoms with Crippen molar-refractivity contribution in [1.29, 1.82) is 0 Å². The Bertz CT molecular complexity index is 175. The monoisotopic (exact) mass is 163 g/mol. The van der Waals surface area contributed by atoms with Gasteiger partial charge < -0.3 is 0 Å². The van der Waals surface area contributed by atoms with Gasteiger partial charge >= 0.3 is 0 Å². The predicted molar refractivity (Wildman–Crippen MR) is 58.6 cm³/mol. The summed E-state index contributed by atoms with van der Waals surface area (Å²) in [5, 5.41) is 0. The molecule has 0 aliphatic carbocycles. The van der Waals surface area contributed by atoms with E-state index >= 15 is 0 Å². The highest BCUT2D eigenvalue weighted by Crippen LogP contribution is 2.18. The largest absolute Gasteiger partial charge is 0.142 e. The topological polar surface area (TPSA) is 0 Å². The average Bonchev–Trinajstić information content (AvgIpc) is 2.04. The van der Waals surface area contributed by atoms with E-state index in [1.54, 1.807) is 5.57 Å². The fraction of sp³-hybridized carbons (Fsp3) is 0.636. The molecule has 0 aromatic rings. The third-order valence-electron chi connectivity index (χ3n) is 2.21. The molecule has 0 nitrogen and oxygen atoms in total. The molecular weight excluding hydrogens is 143 g/mol. The average molecular weight is 163 g/mol. The highest BCUT2D eigenvalue weighted by molar-refractivity contribution is 6.43. The summed E-state index contributed by atoms with van der Waals surface area (Å²) in [6.45, 7) is 10.9. The lowest BCUT2D eigenvalue weighted by Gasteiger charge is -2.13. The molecule has 0 saturated carbocycles. The van der Waals surface area contributed by atoms with Gasteiger partial charge in [0.2, 0.25) is 0 Å². The Morgan fingerprint density at radius 3 is 2.33 bits per heavy atom. The summed E-state index contributed by atoms with van der Waals surface area (Å²) in [5.41, 5.74) is 2.98. The lowest BCUT2D eigenvalue weighted by molar-refractivity contribution is 0.741. The summed E-state index contributed by atoms with van der Waals surface area (Å²) in [6, 6.07) is 0. The summed E-state index contributed by atoms with van der Waals surface area (Å²) >= 11 is 0. The highest BCUT2D eigenvalue weighted by atomic mass is 14.1. The van der Waals surface area contributed by atoms with Crippen molar-refractivity contribution in [2.45, 2.75) is 40.9 Å². The standard InChI is InChI=1S/C11H20B/c1-6-7-8-11(9(2)3)10(4)12-5/h6-7,9H,8H2,1-5H3/b7-6-,11-10-. The first kappa shape index (κ1) is 11.5. The normalized spacial score (nSPS) is 13.8. The molecule has 0 amide bonds. The maximum atomic E-state index is 2.26. The third kappa shape index (κ3) is 3.80. The summed E-state index contributed by atoms with van der Waals surface area (Å²) < 4.78 is 0. The van der Waals surface area contributed by atoms with Crippen molar-refractivity contribution in [3.63, 3.8) is 0 Å². The van der Waals surface area contributed by atoms with Gasteiger partial charge in [0.15, 0.2) is 0 Å². The van der Waals surface area contributed by atoms with Crippen LogP contribution in [0.2, 0.25) is 6.82 Å². The van der Waals surface area contributed by atoms with E-state index in [0.717, 1.165) is 6.42 Å². The first-order valence-corrected chi connectivity index (χ1v) is 4.73. The first-order chi connectivity index (χ1) is 5.63. The van der Waals surface area contributed by atoms with Crippen molar-refractivity contribution in [2.75, 3.05) is 0 Å². The second-order valence-electron chi connectivity index (χ2n) is 3.42. The van der Waals surface area contributed by atoms with E-state index in [9.17, 15) is 0 Å². The predicted octanol–water partition coefficient (Wildman–Crippen LogP) is 3.63. The maximum Gasteiger partial charge on any atom is 0.142 e. The van der Waals surface area contributed by atoms with E-state index in [-0.39, 0.29) is 0 Å². The molecule has 67 valence electrons. The van der Waals surface area contributed by atoms with Crippen LogP contribution in [0.1, 0.15) is 34.1 Å². The van der Waals surface area contributed by atoms with Gasteiger partial charge in [-0.15, -0.1) is 5.47 Å². The molecule has 0 aliphatic rings. The summed E-state index contributed by atoms with van der Waals surface area (Å²) in [4.78, 5) is 0. The van der Waals surface area contributed by atoms with Crippen LogP contribution in [0, 0.1) is 5.92 Å². The van der Waals surface area contributed by atoms with Crippen LogP contribution in [0.4, 0.5) is 0 Å². The smallest absolute Gasteiger partial charge is 0.112 e. The fourth-order valence-corrected chi connectivity index (χ4v) is 1.28. The van der Waals surface area contributed by atoms with Gasteiger partial charge in [-0.2, -0.15) is 0 Å². The van der Waals surface area contributed by atoms with E-state index in [4.69, 9.17) is 0 Å². The van der Waals surface area contributed by atoms with E-state index in [1.807, 2.05) is 0 Å². The van der Waals surface area contributed by atoms with Crippen molar-refractivity contribution in [3.8, 4) is 0 Å². The second kappa shape index (κ2) is 6.10. The van der Waals surface area contributed by atoms with Gasteiger partial charge in [-0.25, -0.2) is 0 Å². The van der Waals surface area contributed by atoms with Gasteiger partial charge in [-0.05, 0) is 19.3 Å². The molecule has 0 aromatic heterocycles. The molecule has 1 heteroatoms. The molecule has 0 bridgehead atoms. The summed E-state index contributed by atoms with van der Waals surface area (Å²) in [6.07, 6.45) is 5.44. The minimum Gasteiger partial charge on any atom is -0.112 e. The Morgan fingerprint density at radius 1 is 1.42 bits per heavy atom. The first-order valence-electron chi connectivity index (χ1n) is 4.73. The maximum absolute atomic E-state index is 2.26. The third-order valence-corrected chi connectivity index (χ3v) is 2.21. The Morgan fingerprint density at radius 2 is 2.00 bits per heavy atom. The van der Waals surface area contributed by atoms with Crippen molar-refractivity contribution >= 4 is 7.28 Å². The van der Waals surface area contributed by atoms with Crippen LogP contribution in [0.5, 0.6) is 0 Å². The van der Waals surface area contributed by atoms with Gasteiger partial charge in [0.1, 0.15) is 7.28 Å². The lowest BCUT2D eigenvalue weighted by atomic mass is 9.69. The molecule has 0 unspecified atom stereocenters. The Labute approximate surface area is 78.0 Å². The lowest BCUT2D eigenvalue weighted by Crippen LogP contribution is -2.00. The van der Waals surface area contributed by atoms with Gasteiger partial charge in [0, 0.05) is 0 Å². The SMILES string of the molecule is C[B]/C(C)=C(/C/C=C\C)C(C)C. The Hall–Kier alpha value is -0.455. The number of hydrogen-bond acceptors (Lipinski definition) is 0. The molecule has 0 aliphatic heterocycles. The molecule has 12 heavy (non-hydrogen) atoms. The molecule has 0 fully saturated rings. The summed E-state index contributed by atoms with van der Waals surface area (Å²) in [5.74, 6) is 0.664. The van der Waals surface area contributed by atoms with E-state index in [0.29, 0.717) is 5.92 Å². The van der Waals surface area contributed by atoms with Gasteiger partial charge in [0.05, 0.1) is 0 Å². The van der Waals surface area contributed by atoms with Crippen LogP contribution in [0.15, 0.2) is 23.2 Å². The quantitative estimate of drug-likeness (QED) is 0.438.